The molecule has 19 heavy (non-hydrogen) atoms. The molecule has 0 radical (unpaired) electrons. The molecular formula is C14H15FO4. The maximum absolute atomic E-state index is 13.4. The SMILES string of the molecule is O=C(O)C(CCc1ccccc1F)C1CC1C(=O)O. The molecule has 1 fully saturated rings. The summed E-state index contributed by atoms with van der Waals surface area (Å²) in [6.45, 7) is 0. The van der Waals surface area contributed by atoms with E-state index in [2.05, 4.69) is 0 Å². The van der Waals surface area contributed by atoms with E-state index in [1.165, 1.54) is 6.07 Å². The van der Waals surface area contributed by atoms with Crippen LogP contribution in [0.15, 0.2) is 24.3 Å². The number of aliphatic carboxylic acids is 2. The summed E-state index contributed by atoms with van der Waals surface area (Å²) in [4.78, 5) is 21.9. The normalized spacial score (nSPS) is 22.8. The van der Waals surface area contributed by atoms with E-state index in [1.807, 2.05) is 0 Å². The molecule has 4 nitrogen and oxygen atoms in total. The Morgan fingerprint density at radius 1 is 1.32 bits per heavy atom. The van der Waals surface area contributed by atoms with Gasteiger partial charge in [0.25, 0.3) is 0 Å². The van der Waals surface area contributed by atoms with Crippen molar-refractivity contribution in [2.24, 2.45) is 17.8 Å². The van der Waals surface area contributed by atoms with E-state index in [9.17, 15) is 14.0 Å². The van der Waals surface area contributed by atoms with Gasteiger partial charge in [-0.1, -0.05) is 18.2 Å². The summed E-state index contributed by atoms with van der Waals surface area (Å²) >= 11 is 0. The predicted molar refractivity (Wildman–Crippen MR) is 65.1 cm³/mol. The Kier molecular flexibility index (Phi) is 3.83. The molecule has 5 heteroatoms. The lowest BCUT2D eigenvalue weighted by molar-refractivity contribution is -0.143. The van der Waals surface area contributed by atoms with Crippen LogP contribution in [-0.4, -0.2) is 22.2 Å². The van der Waals surface area contributed by atoms with E-state index in [0.717, 1.165) is 0 Å². The standard InChI is InChI=1S/C14H15FO4/c15-12-4-2-1-3-8(12)5-6-9(13(16)17)10-7-11(10)14(18)19/h1-4,9-11H,5-7H2,(H,16,17)(H,18,19). The van der Waals surface area contributed by atoms with Gasteiger partial charge in [-0.2, -0.15) is 0 Å². The number of hydrogen-bond acceptors (Lipinski definition) is 2. The lowest BCUT2D eigenvalue weighted by Crippen LogP contribution is -2.19. The average molecular weight is 266 g/mol. The third-order valence-electron chi connectivity index (χ3n) is 3.67. The Morgan fingerprint density at radius 3 is 2.53 bits per heavy atom. The number of carboxylic acid groups (broad SMARTS) is 2. The van der Waals surface area contributed by atoms with Crippen molar-refractivity contribution in [1.29, 1.82) is 0 Å². The first-order chi connectivity index (χ1) is 9.00. The molecule has 0 aliphatic heterocycles. The third-order valence-corrected chi connectivity index (χ3v) is 3.67. The van der Waals surface area contributed by atoms with Gasteiger partial charge < -0.3 is 10.2 Å². The molecule has 1 saturated carbocycles. The van der Waals surface area contributed by atoms with Crippen LogP contribution in [0, 0.1) is 23.6 Å². The Bertz CT molecular complexity index is 500. The van der Waals surface area contributed by atoms with Gasteiger partial charge in [0.2, 0.25) is 0 Å². The summed E-state index contributed by atoms with van der Waals surface area (Å²) in [6.07, 6.45) is 0.987. The van der Waals surface area contributed by atoms with Crippen molar-refractivity contribution in [3.05, 3.63) is 35.6 Å². The zero-order valence-electron chi connectivity index (χ0n) is 10.3. The number of carbonyl (C=O) groups is 2. The van der Waals surface area contributed by atoms with Crippen molar-refractivity contribution in [1.82, 2.24) is 0 Å². The van der Waals surface area contributed by atoms with Crippen LogP contribution < -0.4 is 0 Å². The maximum Gasteiger partial charge on any atom is 0.306 e. The van der Waals surface area contributed by atoms with Crippen molar-refractivity contribution >= 4 is 11.9 Å². The molecule has 1 aromatic carbocycles. The third kappa shape index (κ3) is 3.10. The smallest absolute Gasteiger partial charge is 0.306 e. The molecule has 3 atom stereocenters. The monoisotopic (exact) mass is 266 g/mol. The van der Waals surface area contributed by atoms with Gasteiger partial charge in [-0.15, -0.1) is 0 Å². The minimum atomic E-state index is -0.995. The first-order valence-corrected chi connectivity index (χ1v) is 6.19. The van der Waals surface area contributed by atoms with E-state index in [-0.39, 0.29) is 18.2 Å². The first kappa shape index (κ1) is 13.5. The molecule has 1 aliphatic carbocycles. The van der Waals surface area contributed by atoms with Gasteiger partial charge in [0, 0.05) is 0 Å². The summed E-state index contributed by atoms with van der Waals surface area (Å²) < 4.78 is 13.4. The second kappa shape index (κ2) is 5.38. The first-order valence-electron chi connectivity index (χ1n) is 6.19. The van der Waals surface area contributed by atoms with Gasteiger partial charge in [0.1, 0.15) is 5.82 Å². The van der Waals surface area contributed by atoms with E-state index >= 15 is 0 Å². The number of rotatable bonds is 6. The van der Waals surface area contributed by atoms with Crippen LogP contribution in [0.4, 0.5) is 4.39 Å². The Morgan fingerprint density at radius 2 is 2.00 bits per heavy atom. The van der Waals surface area contributed by atoms with Crippen LogP contribution in [-0.2, 0) is 16.0 Å². The van der Waals surface area contributed by atoms with Crippen molar-refractivity contribution in [2.75, 3.05) is 0 Å². The maximum atomic E-state index is 13.4. The second-order valence-corrected chi connectivity index (χ2v) is 4.92. The van der Waals surface area contributed by atoms with Crippen LogP contribution in [0.5, 0.6) is 0 Å². The number of halogens is 1. The second-order valence-electron chi connectivity index (χ2n) is 4.92. The highest BCUT2D eigenvalue weighted by Crippen LogP contribution is 2.46. The fraction of sp³-hybridized carbons (Fsp3) is 0.429. The zero-order valence-corrected chi connectivity index (χ0v) is 10.3. The molecule has 0 bridgehead atoms. The molecule has 1 aliphatic rings. The van der Waals surface area contributed by atoms with Crippen molar-refractivity contribution < 1.29 is 24.2 Å². The molecule has 3 unspecified atom stereocenters. The van der Waals surface area contributed by atoms with Gasteiger partial charge in [0.15, 0.2) is 0 Å². The van der Waals surface area contributed by atoms with Crippen molar-refractivity contribution in [3.8, 4) is 0 Å². The van der Waals surface area contributed by atoms with Crippen LogP contribution in [0.25, 0.3) is 0 Å². The van der Waals surface area contributed by atoms with Crippen molar-refractivity contribution in [3.63, 3.8) is 0 Å². The van der Waals surface area contributed by atoms with Gasteiger partial charge in [-0.05, 0) is 36.8 Å². The van der Waals surface area contributed by atoms with E-state index in [0.29, 0.717) is 18.4 Å². The molecule has 1 aromatic rings. The van der Waals surface area contributed by atoms with Crippen LogP contribution >= 0.6 is 0 Å². The lowest BCUT2D eigenvalue weighted by Gasteiger charge is -2.11. The predicted octanol–water partition coefficient (Wildman–Crippen LogP) is 2.18. The topological polar surface area (TPSA) is 74.6 Å². The number of carboxylic acids is 2. The molecule has 0 heterocycles. The Hall–Kier alpha value is -1.91. The molecule has 0 saturated heterocycles. The molecule has 2 N–H and O–H groups in total. The summed E-state index contributed by atoms with van der Waals surface area (Å²) in [5.41, 5.74) is 0.473. The van der Waals surface area contributed by atoms with Crippen LogP contribution in [0.1, 0.15) is 18.4 Å². The lowest BCUT2D eigenvalue weighted by atomic mass is 9.94. The van der Waals surface area contributed by atoms with E-state index in [4.69, 9.17) is 10.2 Å². The molecular weight excluding hydrogens is 251 g/mol. The minimum absolute atomic E-state index is 0.269. The fourth-order valence-corrected chi connectivity index (χ4v) is 2.48. The number of hydrogen-bond donors (Lipinski definition) is 2. The zero-order chi connectivity index (χ0) is 14.0. The highest BCUT2D eigenvalue weighted by molar-refractivity contribution is 5.77. The summed E-state index contributed by atoms with van der Waals surface area (Å²) in [5.74, 6) is -3.87. The highest BCUT2D eigenvalue weighted by atomic mass is 19.1. The number of aryl methyl sites for hydroxylation is 1. The minimum Gasteiger partial charge on any atom is -0.481 e. The molecule has 102 valence electrons. The average Bonchev–Trinajstić information content (AvgIpc) is 3.11. The van der Waals surface area contributed by atoms with Gasteiger partial charge in [0.05, 0.1) is 11.8 Å². The molecule has 0 aromatic heterocycles. The fourth-order valence-electron chi connectivity index (χ4n) is 2.48. The quantitative estimate of drug-likeness (QED) is 0.827. The van der Waals surface area contributed by atoms with Crippen molar-refractivity contribution in [2.45, 2.75) is 19.3 Å². The highest BCUT2D eigenvalue weighted by Gasteiger charge is 2.50. The molecule has 2 rings (SSSR count). The van der Waals surface area contributed by atoms with E-state index < -0.39 is 23.8 Å². The Balaban J connectivity index is 1.98. The van der Waals surface area contributed by atoms with Crippen LogP contribution in [0.3, 0.4) is 0 Å². The van der Waals surface area contributed by atoms with Gasteiger partial charge in [-0.3, -0.25) is 9.59 Å². The summed E-state index contributed by atoms with van der Waals surface area (Å²) in [6, 6.07) is 6.23. The summed E-state index contributed by atoms with van der Waals surface area (Å²) in [7, 11) is 0. The largest absolute Gasteiger partial charge is 0.481 e. The van der Waals surface area contributed by atoms with Crippen LogP contribution in [0.2, 0.25) is 0 Å². The number of benzene rings is 1. The Labute approximate surface area is 109 Å². The summed E-state index contributed by atoms with van der Waals surface area (Å²) in [5, 5.41) is 18.0. The van der Waals surface area contributed by atoms with E-state index in [1.54, 1.807) is 18.2 Å². The van der Waals surface area contributed by atoms with Gasteiger partial charge in [-0.25, -0.2) is 4.39 Å². The van der Waals surface area contributed by atoms with Gasteiger partial charge >= 0.3 is 11.9 Å². The molecule has 0 spiro atoms. The molecule has 0 amide bonds.